The molecule has 0 aromatic rings. The van der Waals surface area contributed by atoms with Crippen molar-refractivity contribution in [3.63, 3.8) is 0 Å². The van der Waals surface area contributed by atoms with E-state index in [4.69, 9.17) is 0 Å². The summed E-state index contributed by atoms with van der Waals surface area (Å²) in [6, 6.07) is 0. The van der Waals surface area contributed by atoms with Gasteiger partial charge in [-0.1, -0.05) is 20.8 Å². The van der Waals surface area contributed by atoms with Gasteiger partial charge in [-0.25, -0.2) is 4.31 Å². The van der Waals surface area contributed by atoms with E-state index in [-0.39, 0.29) is 0 Å². The maximum Gasteiger partial charge on any atom is 0.364 e. The van der Waals surface area contributed by atoms with E-state index < -0.39 is 21.6 Å². The first-order chi connectivity index (χ1) is 5.63. The molecule has 5 nitrogen and oxygen atoms in total. The summed E-state index contributed by atoms with van der Waals surface area (Å²) in [6.45, 7) is 4.91. The molecule has 0 heterocycles. The molecule has 0 aliphatic heterocycles. The van der Waals surface area contributed by atoms with Gasteiger partial charge >= 0.3 is 10.3 Å². The zero-order chi connectivity index (χ0) is 10.9. The molecule has 0 radical (unpaired) electrons. The van der Waals surface area contributed by atoms with Crippen LogP contribution in [0.25, 0.3) is 0 Å². The summed E-state index contributed by atoms with van der Waals surface area (Å²) in [6.07, 6.45) is 0. The van der Waals surface area contributed by atoms with Crippen LogP contribution in [0.4, 0.5) is 0 Å². The van der Waals surface area contributed by atoms with Gasteiger partial charge < -0.3 is 0 Å². The van der Waals surface area contributed by atoms with Crippen LogP contribution in [0, 0.1) is 5.41 Å². The number of amides is 1. The van der Waals surface area contributed by atoms with Crippen molar-refractivity contribution >= 4 is 16.2 Å². The molecule has 0 aliphatic carbocycles. The number of carbonyl (C=O) groups is 1. The van der Waals surface area contributed by atoms with Crippen molar-refractivity contribution in [2.45, 2.75) is 20.8 Å². The molecule has 0 aromatic carbocycles. The molecule has 0 aliphatic rings. The molecule has 0 N–H and O–H groups in total. The third kappa shape index (κ3) is 2.96. The topological polar surface area (TPSA) is 63.7 Å². The Labute approximate surface area is 78.9 Å². The maximum absolute atomic E-state index is 11.4. The highest BCUT2D eigenvalue weighted by Crippen LogP contribution is 2.18. The van der Waals surface area contributed by atoms with Gasteiger partial charge in [0.25, 0.3) is 0 Å². The molecular formula is C7H15NO4S. The number of hydrogen-bond acceptors (Lipinski definition) is 4. The lowest BCUT2D eigenvalue weighted by Crippen LogP contribution is -2.41. The highest BCUT2D eigenvalue weighted by Gasteiger charge is 2.31. The fraction of sp³-hybridized carbons (Fsp3) is 0.857. The van der Waals surface area contributed by atoms with Crippen molar-refractivity contribution < 1.29 is 17.4 Å². The Hall–Kier alpha value is -0.620. The molecule has 0 saturated carbocycles. The van der Waals surface area contributed by atoms with E-state index in [1.54, 1.807) is 20.8 Å². The molecule has 0 atom stereocenters. The second-order valence-electron chi connectivity index (χ2n) is 3.65. The molecule has 0 unspecified atom stereocenters. The van der Waals surface area contributed by atoms with Crippen molar-refractivity contribution in [3.05, 3.63) is 0 Å². The highest BCUT2D eigenvalue weighted by molar-refractivity contribution is 7.84. The van der Waals surface area contributed by atoms with Gasteiger partial charge in [0.2, 0.25) is 5.91 Å². The molecule has 0 saturated heterocycles. The molecule has 1 amide bonds. The van der Waals surface area contributed by atoms with Crippen molar-refractivity contribution in [3.8, 4) is 0 Å². The Morgan fingerprint density at radius 3 is 1.92 bits per heavy atom. The second-order valence-corrected chi connectivity index (χ2v) is 5.38. The number of hydrogen-bond donors (Lipinski definition) is 0. The van der Waals surface area contributed by atoms with Gasteiger partial charge in [-0.3, -0.25) is 8.98 Å². The summed E-state index contributed by atoms with van der Waals surface area (Å²) < 4.78 is 26.9. The van der Waals surface area contributed by atoms with Crippen molar-refractivity contribution in [1.29, 1.82) is 0 Å². The molecule has 6 heteroatoms. The van der Waals surface area contributed by atoms with Crippen LogP contribution in [0.1, 0.15) is 20.8 Å². The first kappa shape index (κ1) is 12.4. The number of nitrogens with zero attached hydrogens (tertiary/aromatic N) is 1. The largest absolute Gasteiger partial charge is 0.364 e. The van der Waals surface area contributed by atoms with E-state index in [2.05, 4.69) is 4.18 Å². The van der Waals surface area contributed by atoms with Crippen molar-refractivity contribution in [2.75, 3.05) is 14.2 Å². The summed E-state index contributed by atoms with van der Waals surface area (Å²) in [5.74, 6) is -0.505. The lowest BCUT2D eigenvalue weighted by atomic mass is 9.96. The quantitative estimate of drug-likeness (QED) is 0.659. The maximum atomic E-state index is 11.4. The Morgan fingerprint density at radius 2 is 1.69 bits per heavy atom. The first-order valence-corrected chi connectivity index (χ1v) is 5.08. The minimum atomic E-state index is -3.90. The smallest absolute Gasteiger partial charge is 0.273 e. The predicted octanol–water partition coefficient (Wildman–Crippen LogP) is 0.382. The first-order valence-electron chi connectivity index (χ1n) is 3.72. The van der Waals surface area contributed by atoms with Crippen LogP contribution in [0.5, 0.6) is 0 Å². The lowest BCUT2D eigenvalue weighted by Gasteiger charge is -2.23. The van der Waals surface area contributed by atoms with Gasteiger partial charge in [0.15, 0.2) is 0 Å². The van der Waals surface area contributed by atoms with Gasteiger partial charge in [-0.15, -0.1) is 0 Å². The molecule has 0 bridgehead atoms. The standard InChI is InChI=1S/C7H15NO4S/c1-7(2,3)6(9)8(4)13(10,11)12-5/h1-5H3. The van der Waals surface area contributed by atoms with Gasteiger partial charge in [-0.05, 0) is 0 Å². The Balaban J connectivity index is 4.84. The van der Waals surface area contributed by atoms with Crippen LogP contribution in [0.2, 0.25) is 0 Å². The van der Waals surface area contributed by atoms with Crippen LogP contribution in [-0.2, 0) is 19.3 Å². The van der Waals surface area contributed by atoms with E-state index in [1.807, 2.05) is 0 Å². The molecule has 0 fully saturated rings. The van der Waals surface area contributed by atoms with Crippen LogP contribution >= 0.6 is 0 Å². The SMILES string of the molecule is COS(=O)(=O)N(C)C(=O)C(C)(C)C. The van der Waals surface area contributed by atoms with Gasteiger partial charge in [0, 0.05) is 12.5 Å². The van der Waals surface area contributed by atoms with E-state index in [0.717, 1.165) is 7.11 Å². The summed E-state index contributed by atoms with van der Waals surface area (Å²) in [5, 5.41) is 0. The Morgan fingerprint density at radius 1 is 1.31 bits per heavy atom. The number of carbonyl (C=O) groups excluding carboxylic acids is 1. The predicted molar refractivity (Wildman–Crippen MR) is 48.2 cm³/mol. The van der Waals surface area contributed by atoms with Crippen LogP contribution < -0.4 is 0 Å². The third-order valence-electron chi connectivity index (χ3n) is 1.47. The number of rotatable bonds is 2. The van der Waals surface area contributed by atoms with Gasteiger partial charge in [0.1, 0.15) is 0 Å². The van der Waals surface area contributed by atoms with Crippen molar-refractivity contribution in [1.82, 2.24) is 4.31 Å². The summed E-state index contributed by atoms with van der Waals surface area (Å²) in [7, 11) is -1.71. The average Bonchev–Trinajstić information content (AvgIpc) is 2.00. The minimum Gasteiger partial charge on any atom is -0.273 e. The van der Waals surface area contributed by atoms with E-state index in [1.165, 1.54) is 7.05 Å². The van der Waals surface area contributed by atoms with E-state index >= 15 is 0 Å². The summed E-state index contributed by atoms with van der Waals surface area (Å²) >= 11 is 0. The zero-order valence-electron chi connectivity index (χ0n) is 8.49. The normalized spacial score (nSPS) is 12.7. The Bertz CT molecular complexity index is 288. The van der Waals surface area contributed by atoms with Gasteiger partial charge in [-0.2, -0.15) is 8.42 Å². The fourth-order valence-electron chi connectivity index (χ4n) is 0.686. The van der Waals surface area contributed by atoms with Gasteiger partial charge in [0.05, 0.1) is 7.11 Å². The molecule has 0 rings (SSSR count). The average molecular weight is 209 g/mol. The highest BCUT2D eigenvalue weighted by atomic mass is 32.2. The van der Waals surface area contributed by atoms with Crippen molar-refractivity contribution in [2.24, 2.45) is 5.41 Å². The fourth-order valence-corrected chi connectivity index (χ4v) is 1.39. The van der Waals surface area contributed by atoms with E-state index in [0.29, 0.717) is 4.31 Å². The van der Waals surface area contributed by atoms with Crippen LogP contribution in [0.15, 0.2) is 0 Å². The Kier molecular flexibility index (Phi) is 3.46. The summed E-state index contributed by atoms with van der Waals surface area (Å²) in [4.78, 5) is 11.4. The molecule has 78 valence electrons. The monoisotopic (exact) mass is 209 g/mol. The van der Waals surface area contributed by atoms with Crippen LogP contribution in [0.3, 0.4) is 0 Å². The second kappa shape index (κ2) is 3.63. The van der Waals surface area contributed by atoms with E-state index in [9.17, 15) is 13.2 Å². The van der Waals surface area contributed by atoms with Crippen LogP contribution in [-0.4, -0.2) is 32.8 Å². The molecule has 0 aromatic heterocycles. The zero-order valence-corrected chi connectivity index (χ0v) is 9.30. The minimum absolute atomic E-state index is 0.505. The summed E-state index contributed by atoms with van der Waals surface area (Å²) in [5.41, 5.74) is -0.736. The molecule has 0 spiro atoms. The molecule has 13 heavy (non-hydrogen) atoms. The molecular weight excluding hydrogens is 194 g/mol. The lowest BCUT2D eigenvalue weighted by molar-refractivity contribution is -0.133. The third-order valence-corrected chi connectivity index (χ3v) is 2.73.